The molecule has 0 heterocycles. The largest absolute Gasteiger partial charge is 0.0616 e. The highest BCUT2D eigenvalue weighted by molar-refractivity contribution is 6.32. The van der Waals surface area contributed by atoms with Crippen molar-refractivity contribution in [3.63, 3.8) is 0 Å². The van der Waals surface area contributed by atoms with E-state index >= 15 is 0 Å². The summed E-state index contributed by atoms with van der Waals surface area (Å²) in [6.45, 7) is 0. The van der Waals surface area contributed by atoms with Gasteiger partial charge in [-0.2, -0.15) is 0 Å². The summed E-state index contributed by atoms with van der Waals surface area (Å²) in [5, 5.41) is 23.2. The summed E-state index contributed by atoms with van der Waals surface area (Å²) in [5.74, 6) is 0. The molecule has 3 aliphatic rings. The molecule has 0 saturated carbocycles. The Labute approximate surface area is 449 Å². The van der Waals surface area contributed by atoms with E-state index in [1.54, 1.807) is 0 Å². The van der Waals surface area contributed by atoms with Crippen LogP contribution in [-0.2, 0) is 0 Å². The van der Waals surface area contributed by atoms with Crippen LogP contribution in [0.5, 0.6) is 0 Å². The van der Waals surface area contributed by atoms with Crippen molar-refractivity contribution in [3.8, 4) is 100 Å². The lowest BCUT2D eigenvalue weighted by atomic mass is 9.84. The molecule has 0 N–H and O–H groups in total. The van der Waals surface area contributed by atoms with Crippen molar-refractivity contribution in [2.75, 3.05) is 0 Å². The molecule has 0 radical (unpaired) electrons. The molecule has 0 aromatic heterocycles. The topological polar surface area (TPSA) is 0 Å². The molecule has 19 rings (SSSR count). The van der Waals surface area contributed by atoms with Crippen molar-refractivity contribution >= 4 is 97.0 Å². The molecule has 0 aliphatic heterocycles. The van der Waals surface area contributed by atoms with Gasteiger partial charge in [0.1, 0.15) is 0 Å². The molecule has 0 saturated heterocycles. The van der Waals surface area contributed by atoms with Crippen molar-refractivity contribution in [1.82, 2.24) is 0 Å². The third-order valence-electron chi connectivity index (χ3n) is 18.4. The van der Waals surface area contributed by atoms with Crippen LogP contribution in [0.4, 0.5) is 0 Å². The molecule has 0 fully saturated rings. The maximum atomic E-state index is 2.52. The van der Waals surface area contributed by atoms with Gasteiger partial charge in [0.05, 0.1) is 0 Å². The van der Waals surface area contributed by atoms with Gasteiger partial charge in [0, 0.05) is 0 Å². The van der Waals surface area contributed by atoms with Crippen molar-refractivity contribution in [1.29, 1.82) is 0 Å². The molecule has 3 aliphatic carbocycles. The van der Waals surface area contributed by atoms with Crippen LogP contribution in [0.3, 0.4) is 0 Å². The van der Waals surface area contributed by atoms with E-state index in [9.17, 15) is 0 Å². The van der Waals surface area contributed by atoms with Crippen molar-refractivity contribution in [2.24, 2.45) is 0 Å². The van der Waals surface area contributed by atoms with Gasteiger partial charge >= 0.3 is 0 Å². The average molecular weight is 979 g/mol. The molecule has 0 spiro atoms. The van der Waals surface area contributed by atoms with E-state index in [1.807, 2.05) is 0 Å². The van der Waals surface area contributed by atoms with E-state index in [2.05, 4.69) is 255 Å². The zero-order valence-corrected chi connectivity index (χ0v) is 42.2. The number of hydrogen-bond donors (Lipinski definition) is 0. The highest BCUT2D eigenvalue weighted by Gasteiger charge is 2.28. The molecule has 0 unspecified atom stereocenters. The Morgan fingerprint density at radius 2 is 0.321 bits per heavy atom. The van der Waals surface area contributed by atoms with Crippen LogP contribution in [0.2, 0.25) is 0 Å². The molecule has 16 aromatic carbocycles. The van der Waals surface area contributed by atoms with Crippen LogP contribution in [0.15, 0.2) is 255 Å². The molecule has 354 valence electrons. The van der Waals surface area contributed by atoms with E-state index in [0.717, 1.165) is 0 Å². The van der Waals surface area contributed by atoms with Gasteiger partial charge in [0.15, 0.2) is 0 Å². The molecule has 0 bridgehead atoms. The van der Waals surface area contributed by atoms with E-state index in [-0.39, 0.29) is 0 Å². The number of rotatable bonds is 3. The minimum Gasteiger partial charge on any atom is -0.0616 e. The minimum absolute atomic E-state index is 1.20. The van der Waals surface area contributed by atoms with E-state index < -0.39 is 0 Å². The summed E-state index contributed by atoms with van der Waals surface area (Å²) >= 11 is 0. The summed E-state index contributed by atoms with van der Waals surface area (Å²) in [6, 6.07) is 97.6. The Balaban J connectivity index is 0.942. The van der Waals surface area contributed by atoms with Gasteiger partial charge < -0.3 is 0 Å². The molecule has 0 heteroatoms. The molecule has 16 aromatic rings. The quantitative estimate of drug-likeness (QED) is 0.155. The van der Waals surface area contributed by atoms with Crippen molar-refractivity contribution in [3.05, 3.63) is 255 Å². The highest BCUT2D eigenvalue weighted by atomic mass is 14.3. The van der Waals surface area contributed by atoms with Gasteiger partial charge in [-0.15, -0.1) is 0 Å². The summed E-state index contributed by atoms with van der Waals surface area (Å²) in [6.07, 6.45) is 0. The van der Waals surface area contributed by atoms with Crippen molar-refractivity contribution in [2.45, 2.75) is 0 Å². The van der Waals surface area contributed by atoms with Crippen LogP contribution < -0.4 is 0 Å². The predicted molar refractivity (Wildman–Crippen MR) is 334 cm³/mol. The first kappa shape index (κ1) is 41.1. The lowest BCUT2D eigenvalue weighted by Gasteiger charge is -2.19. The number of benzene rings is 16. The summed E-state index contributed by atoms with van der Waals surface area (Å²) in [7, 11) is 0. The fraction of sp³-hybridized carbons (Fsp3) is 0. The van der Waals surface area contributed by atoms with Gasteiger partial charge in [0.25, 0.3) is 0 Å². The maximum absolute atomic E-state index is 2.52. The van der Waals surface area contributed by atoms with Crippen LogP contribution in [-0.4, -0.2) is 0 Å². The second kappa shape index (κ2) is 14.8. The SMILES string of the molecule is c1ccc2c(c1)-c1cccc3c1c-2cc1c2ccccc2c(-c2cc(-c4cc5c6cccc7c6c(cc5c5ccccc45)-c4ccccc4-7)cc(-c4cc5c6cccc7c6c(cc5c5ccccc45)-c4ccccc4-7)c2)cc31. The van der Waals surface area contributed by atoms with Crippen molar-refractivity contribution < 1.29 is 0 Å². The maximum Gasteiger partial charge on any atom is -0.00199 e. The van der Waals surface area contributed by atoms with E-state index in [0.29, 0.717) is 0 Å². The van der Waals surface area contributed by atoms with Gasteiger partial charge in [-0.25, -0.2) is 0 Å². The Hall–Kier alpha value is -10.1. The summed E-state index contributed by atoms with van der Waals surface area (Å²) < 4.78 is 0. The monoisotopic (exact) mass is 978 g/mol. The fourth-order valence-electron chi connectivity index (χ4n) is 15.2. The zero-order valence-electron chi connectivity index (χ0n) is 42.2. The smallest absolute Gasteiger partial charge is 0.00199 e. The van der Waals surface area contributed by atoms with E-state index in [4.69, 9.17) is 0 Å². The third kappa shape index (κ3) is 5.24. The Bertz CT molecular complexity index is 4940. The van der Waals surface area contributed by atoms with E-state index in [1.165, 1.54) is 197 Å². The highest BCUT2D eigenvalue weighted by Crippen LogP contribution is 2.55. The predicted octanol–water partition coefficient (Wildman–Crippen LogP) is 22.0. The second-order valence-corrected chi connectivity index (χ2v) is 22.1. The number of hydrogen-bond acceptors (Lipinski definition) is 0. The second-order valence-electron chi connectivity index (χ2n) is 22.1. The molecule has 78 heavy (non-hydrogen) atoms. The molecule has 0 atom stereocenters. The first-order valence-corrected chi connectivity index (χ1v) is 27.4. The molecular weight excluding hydrogens is 937 g/mol. The number of fused-ring (bicyclic) bond motifs is 21. The Kier molecular flexibility index (Phi) is 7.82. The average Bonchev–Trinajstić information content (AvgIpc) is 4.19. The summed E-state index contributed by atoms with van der Waals surface area (Å²) in [5.41, 5.74) is 23.2. The van der Waals surface area contributed by atoms with Crippen LogP contribution in [0, 0.1) is 0 Å². The molecule has 0 amide bonds. The van der Waals surface area contributed by atoms with Gasteiger partial charge in [-0.05, 0) is 252 Å². The standard InChI is InChI=1S/C78H42/c1-10-25-55-46(16-1)58-28-13-31-61-70-37-64(49-19-4-7-22-52(49)67(70)40-73(55)76(58)61)43-34-44(65-38-71-62-32-14-29-59-47-17-2-11-26-56(47)74(77(59)62)41-68(71)53-23-8-5-20-50(53)65)36-45(35-43)66-39-72-63-33-15-30-60-48-18-3-12-27-57(48)75(78(60)63)42-69(72)54-24-9-6-21-51(54)66/h1-42H. The lowest BCUT2D eigenvalue weighted by molar-refractivity contribution is 1.63. The third-order valence-corrected chi connectivity index (χ3v) is 18.4. The lowest BCUT2D eigenvalue weighted by Crippen LogP contribution is -1.92. The summed E-state index contributed by atoms with van der Waals surface area (Å²) in [4.78, 5) is 0. The van der Waals surface area contributed by atoms with Gasteiger partial charge in [-0.3, -0.25) is 0 Å². The van der Waals surface area contributed by atoms with Gasteiger partial charge in [-0.1, -0.05) is 200 Å². The van der Waals surface area contributed by atoms with Crippen LogP contribution >= 0.6 is 0 Å². The fourth-order valence-corrected chi connectivity index (χ4v) is 15.2. The molecular formula is C78H42. The normalized spacial score (nSPS) is 12.6. The molecule has 0 nitrogen and oxygen atoms in total. The Morgan fingerprint density at radius 3 is 0.615 bits per heavy atom. The van der Waals surface area contributed by atoms with Crippen LogP contribution in [0.1, 0.15) is 0 Å². The first-order chi connectivity index (χ1) is 38.7. The first-order valence-electron chi connectivity index (χ1n) is 27.4. The Morgan fingerprint density at radius 1 is 0.115 bits per heavy atom. The minimum atomic E-state index is 1.20. The van der Waals surface area contributed by atoms with Gasteiger partial charge in [0.2, 0.25) is 0 Å². The zero-order chi connectivity index (χ0) is 50.5. The van der Waals surface area contributed by atoms with Crippen LogP contribution in [0.25, 0.3) is 197 Å².